The van der Waals surface area contributed by atoms with Crippen LogP contribution in [0.1, 0.15) is 62.1 Å². The summed E-state index contributed by atoms with van der Waals surface area (Å²) in [4.78, 5) is 43.9. The highest BCUT2D eigenvalue weighted by Crippen LogP contribution is 2.36. The molecule has 7 heteroatoms. The molecule has 1 saturated carbocycles. The first kappa shape index (κ1) is 31.2. The monoisotopic (exact) mass is 570 g/mol. The quantitative estimate of drug-likeness (QED) is 0.389. The van der Waals surface area contributed by atoms with E-state index < -0.39 is 11.5 Å². The number of hydrogen-bond donors (Lipinski definition) is 2. The van der Waals surface area contributed by atoms with Gasteiger partial charge in [-0.2, -0.15) is 0 Å². The normalized spacial score (nSPS) is 18.4. The molecule has 1 saturated heterocycles. The average Bonchev–Trinajstić information content (AvgIpc) is 2.99. The second kappa shape index (κ2) is 14.0. The zero-order chi connectivity index (χ0) is 30.2. The Morgan fingerprint density at radius 1 is 1.00 bits per heavy atom. The van der Waals surface area contributed by atoms with E-state index in [1.54, 1.807) is 25.1 Å². The van der Waals surface area contributed by atoms with Gasteiger partial charge in [-0.25, -0.2) is 0 Å². The summed E-state index contributed by atoms with van der Waals surface area (Å²) in [7, 11) is 3.38. The van der Waals surface area contributed by atoms with Crippen LogP contribution < -0.4 is 11.1 Å². The molecule has 1 heterocycles. The van der Waals surface area contributed by atoms with Crippen LogP contribution in [0.15, 0.2) is 72.8 Å². The maximum atomic E-state index is 14.1. The molecule has 1 aliphatic heterocycles. The van der Waals surface area contributed by atoms with Gasteiger partial charge < -0.3 is 20.9 Å². The average molecular weight is 571 g/mol. The van der Waals surface area contributed by atoms with E-state index in [0.717, 1.165) is 36.0 Å². The maximum absolute atomic E-state index is 14.1. The summed E-state index contributed by atoms with van der Waals surface area (Å²) in [6.45, 7) is 2.90. The summed E-state index contributed by atoms with van der Waals surface area (Å²) in [6, 6.07) is 17.5. The second-order valence-electron chi connectivity index (χ2n) is 12.1. The molecule has 3 amide bonds. The number of benzene rings is 2. The second-order valence-corrected chi connectivity index (χ2v) is 12.1. The maximum Gasteiger partial charge on any atom is 0.246 e. The van der Waals surface area contributed by atoms with E-state index in [-0.39, 0.29) is 23.3 Å². The van der Waals surface area contributed by atoms with E-state index in [1.807, 2.05) is 84.6 Å². The highest BCUT2D eigenvalue weighted by Gasteiger charge is 2.43. The molecule has 0 spiro atoms. The van der Waals surface area contributed by atoms with Gasteiger partial charge >= 0.3 is 0 Å². The Morgan fingerprint density at radius 3 is 2.24 bits per heavy atom. The molecule has 3 N–H and O–H groups in total. The summed E-state index contributed by atoms with van der Waals surface area (Å²) < 4.78 is 0. The van der Waals surface area contributed by atoms with Crippen LogP contribution in [0, 0.1) is 5.41 Å². The number of nitrogens with one attached hydrogen (secondary N) is 1. The lowest BCUT2D eigenvalue weighted by Gasteiger charge is -2.42. The van der Waals surface area contributed by atoms with Gasteiger partial charge in [0, 0.05) is 39.1 Å². The van der Waals surface area contributed by atoms with E-state index in [9.17, 15) is 14.4 Å². The number of carbonyl (C=O) groups excluding carboxylic acids is 3. The van der Waals surface area contributed by atoms with Gasteiger partial charge in [-0.05, 0) is 74.6 Å². The van der Waals surface area contributed by atoms with Crippen molar-refractivity contribution in [2.75, 3.05) is 27.2 Å². The van der Waals surface area contributed by atoms with Crippen LogP contribution >= 0.6 is 0 Å². The molecule has 42 heavy (non-hydrogen) atoms. The zero-order valence-electron chi connectivity index (χ0n) is 25.4. The van der Waals surface area contributed by atoms with Crippen molar-refractivity contribution in [3.8, 4) is 0 Å². The van der Waals surface area contributed by atoms with Gasteiger partial charge in [-0.1, -0.05) is 72.8 Å². The SMILES string of the molecule is C/C=C/c1ccc(C[C@H](C(=O)N2CCC(Cc3ccccc3)(C(=O)NC)CC2)N(C)C(=O)/C=C/CC2(N)CCC2)cc1. The van der Waals surface area contributed by atoms with Crippen molar-refractivity contribution in [3.05, 3.63) is 89.5 Å². The number of nitrogens with zero attached hydrogens (tertiary/aromatic N) is 2. The number of hydrogen-bond acceptors (Lipinski definition) is 4. The standard InChI is InChI=1S/C35H46N4O3/c1-4-10-27-14-16-28(17-15-27)25-30(38(3)31(40)13-8-18-35(36)19-9-20-35)32(41)39-23-21-34(22-24-39,33(42)37-2)26-29-11-6-5-7-12-29/h4-8,10-17,30H,9,18-26,36H2,1-3H3,(H,37,42)/b10-4+,13-8+/t30-/m1/s1. The van der Waals surface area contributed by atoms with Crippen molar-refractivity contribution in [3.63, 3.8) is 0 Å². The first-order chi connectivity index (χ1) is 20.2. The number of amides is 3. The fourth-order valence-corrected chi connectivity index (χ4v) is 6.17. The highest BCUT2D eigenvalue weighted by molar-refractivity contribution is 5.93. The Balaban J connectivity index is 1.50. The molecule has 2 aromatic carbocycles. The summed E-state index contributed by atoms with van der Waals surface area (Å²) in [5, 5.41) is 2.86. The topological polar surface area (TPSA) is 95.7 Å². The molecule has 0 bridgehead atoms. The zero-order valence-corrected chi connectivity index (χ0v) is 25.4. The van der Waals surface area contributed by atoms with Crippen molar-refractivity contribution >= 4 is 23.8 Å². The van der Waals surface area contributed by atoms with E-state index in [0.29, 0.717) is 45.2 Å². The summed E-state index contributed by atoms with van der Waals surface area (Å²) >= 11 is 0. The first-order valence-corrected chi connectivity index (χ1v) is 15.2. The van der Waals surface area contributed by atoms with Gasteiger partial charge in [0.2, 0.25) is 17.7 Å². The highest BCUT2D eigenvalue weighted by atomic mass is 16.2. The lowest BCUT2D eigenvalue weighted by atomic mass is 9.73. The molecule has 2 fully saturated rings. The molecule has 2 aromatic rings. The molecule has 224 valence electrons. The molecule has 0 unspecified atom stereocenters. The van der Waals surface area contributed by atoms with Gasteiger partial charge in [0.25, 0.3) is 0 Å². The Kier molecular flexibility index (Phi) is 10.4. The minimum absolute atomic E-state index is 0.0118. The van der Waals surface area contributed by atoms with Gasteiger partial charge in [-0.3, -0.25) is 14.4 Å². The predicted octanol–water partition coefficient (Wildman–Crippen LogP) is 4.51. The number of allylic oxidation sites excluding steroid dienone is 1. The Labute approximate surface area is 250 Å². The molecule has 7 nitrogen and oxygen atoms in total. The molecule has 0 aromatic heterocycles. The van der Waals surface area contributed by atoms with E-state index in [1.165, 1.54) is 0 Å². The van der Waals surface area contributed by atoms with Crippen molar-refractivity contribution in [1.82, 2.24) is 15.1 Å². The van der Waals surface area contributed by atoms with Gasteiger partial charge in [0.1, 0.15) is 6.04 Å². The van der Waals surface area contributed by atoms with Crippen LogP contribution in [0.4, 0.5) is 0 Å². The van der Waals surface area contributed by atoms with Crippen molar-refractivity contribution in [2.24, 2.45) is 11.1 Å². The van der Waals surface area contributed by atoms with Crippen LogP contribution in [-0.2, 0) is 27.2 Å². The third-order valence-corrected chi connectivity index (χ3v) is 9.13. The Hall–Kier alpha value is -3.71. The van der Waals surface area contributed by atoms with E-state index >= 15 is 0 Å². The molecular weight excluding hydrogens is 524 g/mol. The fraction of sp³-hybridized carbons (Fsp3) is 0.457. The van der Waals surface area contributed by atoms with Crippen LogP contribution in [0.2, 0.25) is 0 Å². The van der Waals surface area contributed by atoms with Crippen LogP contribution in [0.3, 0.4) is 0 Å². The fourth-order valence-electron chi connectivity index (χ4n) is 6.17. The largest absolute Gasteiger partial charge is 0.359 e. The van der Waals surface area contributed by atoms with Crippen LogP contribution in [0.5, 0.6) is 0 Å². The van der Waals surface area contributed by atoms with Crippen molar-refractivity contribution in [1.29, 1.82) is 0 Å². The smallest absolute Gasteiger partial charge is 0.246 e. The lowest BCUT2D eigenvalue weighted by molar-refractivity contribution is -0.146. The number of rotatable bonds is 11. The minimum atomic E-state index is -0.660. The molecule has 1 atom stereocenters. The third kappa shape index (κ3) is 7.57. The summed E-state index contributed by atoms with van der Waals surface area (Å²) in [6.07, 6.45) is 13.3. The number of nitrogens with two attached hydrogens (primary N) is 1. The number of likely N-dealkylation sites (tertiary alicyclic amines) is 1. The number of piperidine rings is 1. The van der Waals surface area contributed by atoms with Crippen molar-refractivity contribution in [2.45, 2.75) is 69.9 Å². The third-order valence-electron chi connectivity index (χ3n) is 9.13. The molecule has 4 rings (SSSR count). The van der Waals surface area contributed by atoms with E-state index in [4.69, 9.17) is 5.73 Å². The minimum Gasteiger partial charge on any atom is -0.359 e. The first-order valence-electron chi connectivity index (χ1n) is 15.2. The summed E-state index contributed by atoms with van der Waals surface area (Å²) in [5.74, 6) is -0.281. The van der Waals surface area contributed by atoms with Gasteiger partial charge in [0.15, 0.2) is 0 Å². The Morgan fingerprint density at radius 2 is 1.67 bits per heavy atom. The van der Waals surface area contributed by atoms with Gasteiger partial charge in [-0.15, -0.1) is 0 Å². The predicted molar refractivity (Wildman–Crippen MR) is 168 cm³/mol. The molecule has 1 aliphatic carbocycles. The van der Waals surface area contributed by atoms with Gasteiger partial charge in [0.05, 0.1) is 5.41 Å². The number of carbonyl (C=O) groups is 3. The Bertz CT molecular complexity index is 1270. The molecule has 0 radical (unpaired) electrons. The van der Waals surface area contributed by atoms with Crippen LogP contribution in [-0.4, -0.2) is 66.3 Å². The molecule has 2 aliphatic rings. The lowest BCUT2D eigenvalue weighted by Crippen LogP contribution is -2.55. The van der Waals surface area contributed by atoms with Crippen molar-refractivity contribution < 1.29 is 14.4 Å². The van der Waals surface area contributed by atoms with Crippen LogP contribution in [0.25, 0.3) is 6.08 Å². The summed E-state index contributed by atoms with van der Waals surface area (Å²) in [5.41, 5.74) is 8.74. The van der Waals surface area contributed by atoms with E-state index in [2.05, 4.69) is 5.32 Å². The molecular formula is C35H46N4O3. The number of likely N-dealkylation sites (N-methyl/N-ethyl adjacent to an activating group) is 1.